The third-order valence-corrected chi connectivity index (χ3v) is 3.68. The van der Waals surface area contributed by atoms with Crippen LogP contribution in [-0.4, -0.2) is 34.8 Å². The van der Waals surface area contributed by atoms with Gasteiger partial charge in [0.25, 0.3) is 0 Å². The molecule has 5 heteroatoms. The fraction of sp³-hybridized carbons (Fsp3) is 0.750. The molecule has 0 radical (unpaired) electrons. The first-order valence-electron chi connectivity index (χ1n) is 8.07. The number of hydrogen-bond acceptors (Lipinski definition) is 5. The Kier molecular flexibility index (Phi) is 8.05. The van der Waals surface area contributed by atoms with Gasteiger partial charge in [-0.3, -0.25) is 0 Å². The van der Waals surface area contributed by atoms with Crippen molar-refractivity contribution >= 4 is 11.6 Å². The SMILES string of the molecule is CCCNc1ncnc(NCC(CC)CCO)c1C(C)C. The summed E-state index contributed by atoms with van der Waals surface area (Å²) in [5.41, 5.74) is 1.14. The molecule has 0 aliphatic rings. The van der Waals surface area contributed by atoms with Crippen LogP contribution in [0.5, 0.6) is 0 Å². The van der Waals surface area contributed by atoms with Gasteiger partial charge in [-0.05, 0) is 24.7 Å². The second kappa shape index (κ2) is 9.55. The Morgan fingerprint density at radius 2 is 1.81 bits per heavy atom. The van der Waals surface area contributed by atoms with Crippen LogP contribution in [0.2, 0.25) is 0 Å². The van der Waals surface area contributed by atoms with Crippen LogP contribution in [0.3, 0.4) is 0 Å². The first-order valence-corrected chi connectivity index (χ1v) is 8.07. The van der Waals surface area contributed by atoms with Crippen molar-refractivity contribution in [3.63, 3.8) is 0 Å². The second-order valence-corrected chi connectivity index (χ2v) is 5.73. The number of aromatic nitrogens is 2. The molecule has 120 valence electrons. The Hall–Kier alpha value is -1.36. The molecule has 3 N–H and O–H groups in total. The molecule has 0 aliphatic heterocycles. The number of hydrogen-bond donors (Lipinski definition) is 3. The molecule has 1 heterocycles. The lowest BCUT2D eigenvalue weighted by Gasteiger charge is -2.20. The molecule has 1 aromatic heterocycles. The molecule has 1 unspecified atom stereocenters. The molecule has 0 aliphatic carbocycles. The van der Waals surface area contributed by atoms with Gasteiger partial charge in [-0.2, -0.15) is 0 Å². The largest absolute Gasteiger partial charge is 0.396 e. The maximum atomic E-state index is 9.09. The van der Waals surface area contributed by atoms with E-state index < -0.39 is 0 Å². The highest BCUT2D eigenvalue weighted by Crippen LogP contribution is 2.28. The number of aliphatic hydroxyl groups is 1. The van der Waals surface area contributed by atoms with Crippen LogP contribution in [0.4, 0.5) is 11.6 Å². The molecule has 1 aromatic rings. The van der Waals surface area contributed by atoms with Crippen molar-refractivity contribution in [1.82, 2.24) is 9.97 Å². The number of nitrogens with one attached hydrogen (secondary N) is 2. The molecule has 5 nitrogen and oxygen atoms in total. The smallest absolute Gasteiger partial charge is 0.134 e. The van der Waals surface area contributed by atoms with E-state index in [-0.39, 0.29) is 6.61 Å². The van der Waals surface area contributed by atoms with Gasteiger partial charge in [0, 0.05) is 25.3 Å². The van der Waals surface area contributed by atoms with Crippen molar-refractivity contribution in [3.8, 4) is 0 Å². The Morgan fingerprint density at radius 3 is 2.33 bits per heavy atom. The molecule has 0 amide bonds. The molecule has 0 fully saturated rings. The van der Waals surface area contributed by atoms with Gasteiger partial charge in [-0.1, -0.05) is 34.1 Å². The molecule has 0 bridgehead atoms. The first kappa shape index (κ1) is 17.7. The van der Waals surface area contributed by atoms with Crippen LogP contribution in [0.1, 0.15) is 58.4 Å². The quantitative estimate of drug-likeness (QED) is 0.618. The van der Waals surface area contributed by atoms with Gasteiger partial charge in [0.2, 0.25) is 0 Å². The van der Waals surface area contributed by atoms with Crippen molar-refractivity contribution in [2.45, 2.75) is 52.9 Å². The molecule has 0 aromatic carbocycles. The number of anilines is 2. The predicted octanol–water partition coefficient (Wildman–Crippen LogP) is 3.24. The first-order chi connectivity index (χ1) is 10.1. The van der Waals surface area contributed by atoms with E-state index in [9.17, 15) is 0 Å². The summed E-state index contributed by atoms with van der Waals surface area (Å²) in [6.07, 6.45) is 4.56. The van der Waals surface area contributed by atoms with Gasteiger partial charge in [-0.25, -0.2) is 9.97 Å². The summed E-state index contributed by atoms with van der Waals surface area (Å²) in [5.74, 6) is 2.66. The highest BCUT2D eigenvalue weighted by molar-refractivity contribution is 5.59. The number of rotatable bonds is 10. The van der Waals surface area contributed by atoms with Crippen molar-refractivity contribution in [2.75, 3.05) is 30.3 Å². The molecule has 21 heavy (non-hydrogen) atoms. The zero-order chi connectivity index (χ0) is 15.7. The summed E-state index contributed by atoms with van der Waals surface area (Å²) in [7, 11) is 0. The summed E-state index contributed by atoms with van der Waals surface area (Å²) in [6, 6.07) is 0. The fourth-order valence-corrected chi connectivity index (χ4v) is 2.34. The third kappa shape index (κ3) is 5.50. The zero-order valence-electron chi connectivity index (χ0n) is 13.8. The molecular weight excluding hydrogens is 264 g/mol. The van der Waals surface area contributed by atoms with Gasteiger partial charge >= 0.3 is 0 Å². The molecule has 0 spiro atoms. The number of aliphatic hydroxyl groups excluding tert-OH is 1. The van der Waals surface area contributed by atoms with E-state index in [2.05, 4.69) is 48.3 Å². The van der Waals surface area contributed by atoms with Gasteiger partial charge in [0.05, 0.1) is 0 Å². The van der Waals surface area contributed by atoms with E-state index in [1.165, 1.54) is 0 Å². The molecule has 0 saturated carbocycles. The predicted molar refractivity (Wildman–Crippen MR) is 88.9 cm³/mol. The lowest BCUT2D eigenvalue weighted by atomic mass is 10.0. The van der Waals surface area contributed by atoms with Crippen LogP contribution >= 0.6 is 0 Å². The molecule has 1 rings (SSSR count). The summed E-state index contributed by atoms with van der Waals surface area (Å²) in [5, 5.41) is 15.9. The molecule has 1 atom stereocenters. The van der Waals surface area contributed by atoms with Crippen LogP contribution in [0, 0.1) is 5.92 Å². The Morgan fingerprint density at radius 1 is 1.14 bits per heavy atom. The van der Waals surface area contributed by atoms with Crippen molar-refractivity contribution in [1.29, 1.82) is 0 Å². The average molecular weight is 294 g/mol. The van der Waals surface area contributed by atoms with E-state index in [1.807, 2.05) is 0 Å². The van der Waals surface area contributed by atoms with Crippen molar-refractivity contribution < 1.29 is 5.11 Å². The van der Waals surface area contributed by atoms with E-state index in [4.69, 9.17) is 5.11 Å². The second-order valence-electron chi connectivity index (χ2n) is 5.73. The normalized spacial score (nSPS) is 12.5. The zero-order valence-corrected chi connectivity index (χ0v) is 13.8. The van der Waals surface area contributed by atoms with E-state index in [0.717, 1.165) is 49.6 Å². The number of nitrogens with zero attached hydrogens (tertiary/aromatic N) is 2. The maximum Gasteiger partial charge on any atom is 0.134 e. The van der Waals surface area contributed by atoms with Crippen LogP contribution < -0.4 is 10.6 Å². The Labute approximate surface area is 128 Å². The third-order valence-electron chi connectivity index (χ3n) is 3.68. The fourth-order valence-electron chi connectivity index (χ4n) is 2.34. The highest BCUT2D eigenvalue weighted by Gasteiger charge is 2.15. The highest BCUT2D eigenvalue weighted by atomic mass is 16.3. The lowest BCUT2D eigenvalue weighted by Crippen LogP contribution is -2.18. The topological polar surface area (TPSA) is 70.1 Å². The average Bonchev–Trinajstić information content (AvgIpc) is 2.48. The van der Waals surface area contributed by atoms with Crippen molar-refractivity contribution in [3.05, 3.63) is 11.9 Å². The lowest BCUT2D eigenvalue weighted by molar-refractivity contribution is 0.258. The molecular formula is C16H30N4O. The summed E-state index contributed by atoms with van der Waals surface area (Å²) < 4.78 is 0. The maximum absolute atomic E-state index is 9.09. The molecule has 0 saturated heterocycles. The van der Waals surface area contributed by atoms with Crippen molar-refractivity contribution in [2.24, 2.45) is 5.92 Å². The minimum absolute atomic E-state index is 0.240. The minimum atomic E-state index is 0.240. The van der Waals surface area contributed by atoms with E-state index >= 15 is 0 Å². The van der Waals surface area contributed by atoms with Gasteiger partial charge in [-0.15, -0.1) is 0 Å². The Bertz CT molecular complexity index is 409. The summed E-state index contributed by atoms with van der Waals surface area (Å²) in [6.45, 7) is 10.6. The van der Waals surface area contributed by atoms with Gasteiger partial charge in [0.1, 0.15) is 18.0 Å². The van der Waals surface area contributed by atoms with E-state index in [0.29, 0.717) is 11.8 Å². The summed E-state index contributed by atoms with van der Waals surface area (Å²) in [4.78, 5) is 8.79. The Balaban J connectivity index is 2.85. The minimum Gasteiger partial charge on any atom is -0.396 e. The van der Waals surface area contributed by atoms with Crippen LogP contribution in [0.15, 0.2) is 6.33 Å². The van der Waals surface area contributed by atoms with Gasteiger partial charge in [0.15, 0.2) is 0 Å². The monoisotopic (exact) mass is 294 g/mol. The standard InChI is InChI=1S/C16H30N4O/c1-5-8-17-15-14(12(3)4)16(20-11-19-15)18-10-13(6-2)7-9-21/h11-13,21H,5-10H2,1-4H3,(H2,17,18,19,20). The van der Waals surface area contributed by atoms with Crippen LogP contribution in [0.25, 0.3) is 0 Å². The summed E-state index contributed by atoms with van der Waals surface area (Å²) >= 11 is 0. The van der Waals surface area contributed by atoms with Crippen LogP contribution in [-0.2, 0) is 0 Å². The van der Waals surface area contributed by atoms with E-state index in [1.54, 1.807) is 6.33 Å². The van der Waals surface area contributed by atoms with Gasteiger partial charge < -0.3 is 15.7 Å².